The Balaban J connectivity index is 2.20. The summed E-state index contributed by atoms with van der Waals surface area (Å²) in [5.74, 6) is 1.69. The summed E-state index contributed by atoms with van der Waals surface area (Å²) in [7, 11) is 3.42. The molecule has 2 aromatic heterocycles. The van der Waals surface area contributed by atoms with Crippen molar-refractivity contribution in [1.29, 1.82) is 0 Å². The summed E-state index contributed by atoms with van der Waals surface area (Å²) in [6.45, 7) is 9.71. The lowest BCUT2D eigenvalue weighted by Crippen LogP contribution is -2.07. The number of nitrogens with zero attached hydrogens (tertiary/aromatic N) is 3. The molecule has 0 radical (unpaired) electrons. The van der Waals surface area contributed by atoms with Crippen molar-refractivity contribution in [3.8, 4) is 5.75 Å². The van der Waals surface area contributed by atoms with Crippen molar-refractivity contribution in [3.63, 3.8) is 0 Å². The Bertz CT molecular complexity index is 683. The minimum atomic E-state index is 0.680. The van der Waals surface area contributed by atoms with Crippen molar-refractivity contribution in [1.82, 2.24) is 14.5 Å². The summed E-state index contributed by atoms with van der Waals surface area (Å²) in [4.78, 5) is 9.24. The maximum Gasteiger partial charge on any atom is 0.168 e. The number of aryl methyl sites for hydroxylation is 2. The molecule has 0 aliphatic carbocycles. The molecule has 0 fully saturated rings. The number of hydrogen-bond donors (Lipinski definition) is 0. The molecule has 0 unspecified atom stereocenters. The Kier molecular flexibility index (Phi) is 6.07. The van der Waals surface area contributed by atoms with Gasteiger partial charge in [0.2, 0.25) is 0 Å². The number of hydrogen-bond acceptors (Lipinski definition) is 5. The molecular weight excluding hydrogens is 310 g/mol. The molecule has 0 N–H and O–H groups in total. The fraction of sp³-hybridized carbons (Fsp3) is 0.529. The Morgan fingerprint density at radius 3 is 2.57 bits per heavy atom. The second-order valence-electron chi connectivity index (χ2n) is 5.54. The summed E-state index contributed by atoms with van der Waals surface area (Å²) in [5, 5.41) is 1.01. The lowest BCUT2D eigenvalue weighted by Gasteiger charge is -2.13. The molecule has 126 valence electrons. The number of ether oxygens (including phenoxy) is 2. The second-order valence-corrected chi connectivity index (χ2v) is 6.49. The third-order valence-electron chi connectivity index (χ3n) is 4.03. The van der Waals surface area contributed by atoms with Crippen molar-refractivity contribution < 1.29 is 9.47 Å². The number of thioether (sulfide) groups is 1. The van der Waals surface area contributed by atoms with Crippen LogP contribution in [-0.2, 0) is 17.0 Å². The summed E-state index contributed by atoms with van der Waals surface area (Å²) in [5.41, 5.74) is 5.45. The van der Waals surface area contributed by atoms with E-state index < -0.39 is 0 Å². The van der Waals surface area contributed by atoms with E-state index in [0.29, 0.717) is 6.61 Å². The molecule has 0 amide bonds. The van der Waals surface area contributed by atoms with E-state index >= 15 is 0 Å². The fourth-order valence-electron chi connectivity index (χ4n) is 2.53. The van der Waals surface area contributed by atoms with Crippen LogP contribution >= 0.6 is 11.8 Å². The molecule has 0 atom stereocenters. The second kappa shape index (κ2) is 7.84. The van der Waals surface area contributed by atoms with Gasteiger partial charge in [-0.15, -0.1) is 0 Å². The highest BCUT2D eigenvalue weighted by molar-refractivity contribution is 7.98. The minimum Gasteiger partial charge on any atom is -0.496 e. The average Bonchev–Trinajstić information content (AvgIpc) is 2.79. The topological polar surface area (TPSA) is 49.2 Å². The van der Waals surface area contributed by atoms with Crippen molar-refractivity contribution in [2.75, 3.05) is 20.8 Å². The first-order chi connectivity index (χ1) is 11.0. The number of methoxy groups -OCH3 is 2. The predicted octanol–water partition coefficient (Wildman–Crippen LogP) is 3.46. The van der Waals surface area contributed by atoms with E-state index in [1.807, 2.05) is 20.0 Å². The van der Waals surface area contributed by atoms with Gasteiger partial charge in [-0.1, -0.05) is 11.8 Å². The molecule has 0 aromatic carbocycles. The van der Waals surface area contributed by atoms with Crippen LogP contribution in [0.2, 0.25) is 0 Å². The highest BCUT2D eigenvalue weighted by Gasteiger charge is 2.14. The number of imidazole rings is 1. The third kappa shape index (κ3) is 3.87. The largest absolute Gasteiger partial charge is 0.496 e. The lowest BCUT2D eigenvalue weighted by atomic mass is 10.1. The Labute approximate surface area is 142 Å². The molecule has 2 rings (SSSR count). The van der Waals surface area contributed by atoms with Gasteiger partial charge in [-0.25, -0.2) is 4.98 Å². The normalized spacial score (nSPS) is 11.0. The molecule has 2 heterocycles. The van der Waals surface area contributed by atoms with Gasteiger partial charge in [0.25, 0.3) is 0 Å². The zero-order valence-corrected chi connectivity index (χ0v) is 15.6. The van der Waals surface area contributed by atoms with Gasteiger partial charge in [-0.3, -0.25) is 4.98 Å². The van der Waals surface area contributed by atoms with E-state index in [-0.39, 0.29) is 0 Å². The van der Waals surface area contributed by atoms with Crippen LogP contribution in [0.5, 0.6) is 5.75 Å². The van der Waals surface area contributed by atoms with E-state index in [0.717, 1.165) is 45.7 Å². The van der Waals surface area contributed by atoms with Crippen LogP contribution in [0.15, 0.2) is 11.4 Å². The average molecular weight is 335 g/mol. The molecular formula is C17H25N3O2S. The standard InChI is InChI=1S/C17H25N3O2S/c1-11-9-18-15(12(2)16(11)22-6)10-23-17-19-13(3)14(4)20(17)7-8-21-5/h9H,7-8,10H2,1-6H3. The molecule has 2 aromatic rings. The van der Waals surface area contributed by atoms with E-state index in [9.17, 15) is 0 Å². The SMILES string of the molecule is COCCn1c(SCc2ncc(C)c(OC)c2C)nc(C)c1C. The first-order valence-electron chi connectivity index (χ1n) is 7.64. The minimum absolute atomic E-state index is 0.680. The molecule has 0 aliphatic rings. The molecule has 0 bridgehead atoms. The van der Waals surface area contributed by atoms with E-state index in [1.54, 1.807) is 26.0 Å². The molecule has 0 saturated carbocycles. The third-order valence-corrected chi connectivity index (χ3v) is 5.02. The predicted molar refractivity (Wildman–Crippen MR) is 93.4 cm³/mol. The Hall–Kier alpha value is -1.53. The Morgan fingerprint density at radius 2 is 1.91 bits per heavy atom. The van der Waals surface area contributed by atoms with Crippen LogP contribution in [0.4, 0.5) is 0 Å². The smallest absolute Gasteiger partial charge is 0.168 e. The van der Waals surface area contributed by atoms with Crippen LogP contribution in [0.3, 0.4) is 0 Å². The summed E-state index contributed by atoms with van der Waals surface area (Å²) in [6, 6.07) is 0. The number of rotatable bonds is 7. The van der Waals surface area contributed by atoms with E-state index in [2.05, 4.69) is 28.4 Å². The lowest BCUT2D eigenvalue weighted by molar-refractivity contribution is 0.184. The van der Waals surface area contributed by atoms with Gasteiger partial charge < -0.3 is 14.0 Å². The quantitative estimate of drug-likeness (QED) is 0.725. The van der Waals surface area contributed by atoms with Crippen LogP contribution in [-0.4, -0.2) is 35.4 Å². The van der Waals surface area contributed by atoms with Gasteiger partial charge in [0.1, 0.15) is 5.75 Å². The van der Waals surface area contributed by atoms with Crippen LogP contribution in [0.1, 0.15) is 28.2 Å². The summed E-state index contributed by atoms with van der Waals surface area (Å²) < 4.78 is 12.9. The molecule has 23 heavy (non-hydrogen) atoms. The van der Waals surface area contributed by atoms with Gasteiger partial charge in [-0.05, 0) is 27.7 Å². The highest BCUT2D eigenvalue weighted by atomic mass is 32.2. The van der Waals surface area contributed by atoms with Gasteiger partial charge in [0.05, 0.1) is 25.1 Å². The van der Waals surface area contributed by atoms with Gasteiger partial charge >= 0.3 is 0 Å². The Morgan fingerprint density at radius 1 is 1.17 bits per heavy atom. The van der Waals surface area contributed by atoms with E-state index in [1.165, 1.54) is 5.69 Å². The molecule has 6 heteroatoms. The van der Waals surface area contributed by atoms with Crippen molar-refractivity contribution in [2.24, 2.45) is 0 Å². The van der Waals surface area contributed by atoms with Crippen LogP contribution in [0, 0.1) is 27.7 Å². The summed E-state index contributed by atoms with van der Waals surface area (Å²) in [6.07, 6.45) is 1.87. The zero-order chi connectivity index (χ0) is 17.0. The summed E-state index contributed by atoms with van der Waals surface area (Å²) >= 11 is 1.70. The van der Waals surface area contributed by atoms with Gasteiger partial charge in [0, 0.05) is 42.4 Å². The van der Waals surface area contributed by atoms with Gasteiger partial charge in [-0.2, -0.15) is 0 Å². The van der Waals surface area contributed by atoms with Gasteiger partial charge in [0.15, 0.2) is 5.16 Å². The van der Waals surface area contributed by atoms with E-state index in [4.69, 9.17) is 9.47 Å². The van der Waals surface area contributed by atoms with Crippen LogP contribution < -0.4 is 4.74 Å². The zero-order valence-electron chi connectivity index (χ0n) is 14.8. The maximum absolute atomic E-state index is 5.48. The molecule has 0 saturated heterocycles. The first-order valence-corrected chi connectivity index (χ1v) is 8.62. The monoisotopic (exact) mass is 335 g/mol. The van der Waals surface area contributed by atoms with Crippen LogP contribution in [0.25, 0.3) is 0 Å². The number of pyridine rings is 1. The highest BCUT2D eigenvalue weighted by Crippen LogP contribution is 2.29. The molecule has 0 aliphatic heterocycles. The number of aromatic nitrogens is 3. The maximum atomic E-state index is 5.48. The molecule has 5 nitrogen and oxygen atoms in total. The van der Waals surface area contributed by atoms with Crippen molar-refractivity contribution >= 4 is 11.8 Å². The van der Waals surface area contributed by atoms with Crippen molar-refractivity contribution in [2.45, 2.75) is 45.1 Å². The molecule has 0 spiro atoms. The first kappa shape index (κ1) is 17.8. The van der Waals surface area contributed by atoms with Crippen molar-refractivity contribution in [3.05, 3.63) is 34.4 Å². The fourth-order valence-corrected chi connectivity index (χ4v) is 3.67.